The maximum absolute atomic E-state index is 11.9. The predicted octanol–water partition coefficient (Wildman–Crippen LogP) is 2.94. The van der Waals surface area contributed by atoms with Gasteiger partial charge in [0.25, 0.3) is 0 Å². The molecule has 1 aliphatic carbocycles. The summed E-state index contributed by atoms with van der Waals surface area (Å²) in [6.07, 6.45) is 6.92. The van der Waals surface area contributed by atoms with E-state index in [4.69, 9.17) is 4.74 Å². The fourth-order valence-corrected chi connectivity index (χ4v) is 3.66. The van der Waals surface area contributed by atoms with Gasteiger partial charge in [-0.2, -0.15) is 0 Å². The van der Waals surface area contributed by atoms with Crippen molar-refractivity contribution in [2.75, 3.05) is 13.2 Å². The van der Waals surface area contributed by atoms with Crippen molar-refractivity contribution in [3.63, 3.8) is 0 Å². The highest BCUT2D eigenvalue weighted by atomic mass is 32.1. The van der Waals surface area contributed by atoms with Crippen LogP contribution >= 0.6 is 11.3 Å². The summed E-state index contributed by atoms with van der Waals surface area (Å²) >= 11 is 1.78. The van der Waals surface area contributed by atoms with Crippen LogP contribution in [0.25, 0.3) is 0 Å². The number of rotatable bonds is 6. The molecule has 1 saturated heterocycles. The topological polar surface area (TPSA) is 50.4 Å². The number of aryl methyl sites for hydroxylation is 1. The van der Waals surface area contributed by atoms with E-state index in [9.17, 15) is 4.79 Å². The zero-order chi connectivity index (χ0) is 14.5. The van der Waals surface area contributed by atoms with E-state index in [1.807, 2.05) is 0 Å². The molecule has 0 radical (unpaired) electrons. The van der Waals surface area contributed by atoms with Crippen LogP contribution in [-0.2, 0) is 11.2 Å². The van der Waals surface area contributed by atoms with Gasteiger partial charge in [-0.15, -0.1) is 11.3 Å². The molecule has 116 valence electrons. The van der Waals surface area contributed by atoms with E-state index in [2.05, 4.69) is 28.1 Å². The highest BCUT2D eigenvalue weighted by Gasteiger charge is 2.36. The van der Waals surface area contributed by atoms with E-state index in [0.717, 1.165) is 44.8 Å². The van der Waals surface area contributed by atoms with Crippen LogP contribution in [0.3, 0.4) is 0 Å². The lowest BCUT2D eigenvalue weighted by Gasteiger charge is -2.30. The number of carbonyl (C=O) groups is 1. The van der Waals surface area contributed by atoms with E-state index in [-0.39, 0.29) is 12.1 Å². The summed E-state index contributed by atoms with van der Waals surface area (Å²) in [5.74, 6) is 0.753. The Bertz CT molecular complexity index is 445. The molecule has 2 fully saturated rings. The Morgan fingerprint density at radius 2 is 2.29 bits per heavy atom. The first-order valence-corrected chi connectivity index (χ1v) is 8.87. The Labute approximate surface area is 130 Å². The minimum Gasteiger partial charge on any atom is -0.378 e. The maximum atomic E-state index is 11.9. The molecule has 1 aliphatic heterocycles. The average molecular weight is 308 g/mol. The van der Waals surface area contributed by atoms with Gasteiger partial charge in [-0.25, -0.2) is 4.79 Å². The van der Waals surface area contributed by atoms with Crippen LogP contribution in [0.4, 0.5) is 4.79 Å². The Morgan fingerprint density at radius 1 is 1.38 bits per heavy atom. The molecule has 1 aromatic heterocycles. The van der Waals surface area contributed by atoms with Gasteiger partial charge in [0.05, 0.1) is 6.10 Å². The van der Waals surface area contributed by atoms with Crippen molar-refractivity contribution in [1.29, 1.82) is 0 Å². The van der Waals surface area contributed by atoms with Gasteiger partial charge in [-0.1, -0.05) is 6.07 Å². The molecule has 2 unspecified atom stereocenters. The van der Waals surface area contributed by atoms with Gasteiger partial charge in [0.1, 0.15) is 0 Å². The minimum atomic E-state index is -0.0253. The van der Waals surface area contributed by atoms with Gasteiger partial charge in [0, 0.05) is 24.1 Å². The first kappa shape index (κ1) is 14.9. The molecule has 1 aromatic rings. The zero-order valence-electron chi connectivity index (χ0n) is 12.3. The number of carbonyl (C=O) groups excluding carboxylic acids is 1. The zero-order valence-corrected chi connectivity index (χ0v) is 13.2. The number of ether oxygens (including phenoxy) is 1. The normalized spacial score (nSPS) is 25.5. The van der Waals surface area contributed by atoms with Crippen LogP contribution in [0.5, 0.6) is 0 Å². The Balaban J connectivity index is 1.30. The number of urea groups is 1. The molecule has 0 spiro atoms. The Morgan fingerprint density at radius 3 is 3.05 bits per heavy atom. The molecular weight excluding hydrogens is 284 g/mol. The largest absolute Gasteiger partial charge is 0.378 e. The summed E-state index contributed by atoms with van der Waals surface area (Å²) in [5.41, 5.74) is 0. The summed E-state index contributed by atoms with van der Waals surface area (Å²) in [5, 5.41) is 8.16. The molecule has 0 aromatic carbocycles. The molecule has 2 heterocycles. The molecule has 2 aliphatic rings. The van der Waals surface area contributed by atoms with Crippen molar-refractivity contribution < 1.29 is 9.53 Å². The van der Waals surface area contributed by atoms with Gasteiger partial charge < -0.3 is 15.4 Å². The fraction of sp³-hybridized carbons (Fsp3) is 0.688. The third-order valence-corrected chi connectivity index (χ3v) is 5.20. The molecule has 3 rings (SSSR count). The van der Waals surface area contributed by atoms with Gasteiger partial charge in [-0.3, -0.25) is 0 Å². The van der Waals surface area contributed by atoms with Crippen molar-refractivity contribution in [1.82, 2.24) is 10.6 Å². The molecule has 21 heavy (non-hydrogen) atoms. The molecule has 5 heteroatoms. The SMILES string of the molecule is O=C(NCCCc1cccs1)NC1CCOC(C2CC2)C1. The van der Waals surface area contributed by atoms with E-state index >= 15 is 0 Å². The minimum absolute atomic E-state index is 0.0253. The highest BCUT2D eigenvalue weighted by Crippen LogP contribution is 2.38. The lowest BCUT2D eigenvalue weighted by molar-refractivity contribution is -0.00913. The predicted molar refractivity (Wildman–Crippen MR) is 84.7 cm³/mol. The van der Waals surface area contributed by atoms with E-state index < -0.39 is 0 Å². The van der Waals surface area contributed by atoms with Crippen LogP contribution < -0.4 is 10.6 Å². The number of amides is 2. The van der Waals surface area contributed by atoms with Gasteiger partial charge in [-0.05, 0) is 55.9 Å². The van der Waals surface area contributed by atoms with E-state index in [1.165, 1.54) is 17.7 Å². The number of hydrogen-bond donors (Lipinski definition) is 2. The maximum Gasteiger partial charge on any atom is 0.315 e. The molecule has 2 amide bonds. The summed E-state index contributed by atoms with van der Waals surface area (Å²) < 4.78 is 5.78. The standard InChI is InChI=1S/C16H24N2O2S/c19-16(17-8-1-3-14-4-2-10-21-14)18-13-7-9-20-15(11-13)12-5-6-12/h2,4,10,12-13,15H,1,3,5-9,11H2,(H2,17,18,19). The summed E-state index contributed by atoms with van der Waals surface area (Å²) in [7, 11) is 0. The van der Waals surface area contributed by atoms with Gasteiger partial charge in [0.2, 0.25) is 0 Å². The second kappa shape index (κ2) is 7.27. The number of nitrogens with one attached hydrogen (secondary N) is 2. The van der Waals surface area contributed by atoms with Crippen LogP contribution in [0.15, 0.2) is 17.5 Å². The van der Waals surface area contributed by atoms with Crippen LogP contribution in [0, 0.1) is 5.92 Å². The Kier molecular flexibility index (Phi) is 5.14. The lowest BCUT2D eigenvalue weighted by Crippen LogP contribution is -2.46. The van der Waals surface area contributed by atoms with Crippen molar-refractivity contribution >= 4 is 17.4 Å². The molecular formula is C16H24N2O2S. The number of thiophene rings is 1. The number of hydrogen-bond acceptors (Lipinski definition) is 3. The van der Waals surface area contributed by atoms with Crippen molar-refractivity contribution in [2.24, 2.45) is 5.92 Å². The van der Waals surface area contributed by atoms with Crippen LogP contribution in [0.2, 0.25) is 0 Å². The third kappa shape index (κ3) is 4.71. The Hall–Kier alpha value is -1.07. The van der Waals surface area contributed by atoms with Crippen LogP contribution in [-0.4, -0.2) is 31.3 Å². The summed E-state index contributed by atoms with van der Waals surface area (Å²) in [4.78, 5) is 13.3. The van der Waals surface area contributed by atoms with E-state index in [0.29, 0.717) is 6.10 Å². The first-order valence-electron chi connectivity index (χ1n) is 7.99. The van der Waals surface area contributed by atoms with Gasteiger partial charge in [0.15, 0.2) is 0 Å². The highest BCUT2D eigenvalue weighted by molar-refractivity contribution is 7.09. The second-order valence-electron chi connectivity index (χ2n) is 6.05. The average Bonchev–Trinajstić information content (AvgIpc) is 3.21. The lowest BCUT2D eigenvalue weighted by atomic mass is 10.0. The quantitative estimate of drug-likeness (QED) is 0.794. The fourth-order valence-electron chi connectivity index (χ4n) is 2.91. The van der Waals surface area contributed by atoms with Crippen molar-refractivity contribution in [3.05, 3.63) is 22.4 Å². The third-order valence-electron chi connectivity index (χ3n) is 4.26. The molecule has 1 saturated carbocycles. The molecule has 2 atom stereocenters. The van der Waals surface area contributed by atoms with Crippen molar-refractivity contribution in [3.8, 4) is 0 Å². The van der Waals surface area contributed by atoms with E-state index in [1.54, 1.807) is 11.3 Å². The summed E-state index contributed by atoms with van der Waals surface area (Å²) in [6, 6.07) is 4.47. The molecule has 0 bridgehead atoms. The van der Waals surface area contributed by atoms with Crippen LogP contribution in [0.1, 0.15) is 37.0 Å². The van der Waals surface area contributed by atoms with Gasteiger partial charge >= 0.3 is 6.03 Å². The summed E-state index contributed by atoms with van der Waals surface area (Å²) in [6.45, 7) is 1.52. The van der Waals surface area contributed by atoms with Crippen molar-refractivity contribution in [2.45, 2.75) is 50.7 Å². The smallest absolute Gasteiger partial charge is 0.315 e. The monoisotopic (exact) mass is 308 g/mol. The molecule has 2 N–H and O–H groups in total. The first-order chi connectivity index (χ1) is 10.3. The molecule has 4 nitrogen and oxygen atoms in total. The second-order valence-corrected chi connectivity index (χ2v) is 7.08.